The van der Waals surface area contributed by atoms with E-state index in [2.05, 4.69) is 24.5 Å². The largest absolute Gasteiger partial charge is 0.388 e. The topological polar surface area (TPSA) is 25.2 Å². The Labute approximate surface area is 118 Å². The van der Waals surface area contributed by atoms with Crippen molar-refractivity contribution in [2.24, 2.45) is 0 Å². The van der Waals surface area contributed by atoms with Crippen LogP contribution in [0.4, 0.5) is 4.39 Å². The monoisotopic (exact) mass is 273 g/mol. The number of hydrogen-bond acceptors (Lipinski definition) is 1. The summed E-state index contributed by atoms with van der Waals surface area (Å²) in [7, 11) is 0. The number of nitrogens with zero attached hydrogens (tertiary/aromatic N) is 1. The fraction of sp³-hybridized carbons (Fsp3) is 0.412. The molecule has 3 rings (SSSR count). The molecule has 1 N–H and O–H groups in total. The highest BCUT2D eigenvalue weighted by Crippen LogP contribution is 2.35. The zero-order chi connectivity index (χ0) is 14.3. The normalized spacial score (nSPS) is 19.7. The van der Waals surface area contributed by atoms with Crippen molar-refractivity contribution in [2.45, 2.75) is 45.3 Å². The molecule has 0 fully saturated rings. The third kappa shape index (κ3) is 2.16. The Morgan fingerprint density at radius 2 is 2.00 bits per heavy atom. The van der Waals surface area contributed by atoms with Crippen molar-refractivity contribution in [1.29, 1.82) is 0 Å². The van der Waals surface area contributed by atoms with E-state index in [0.717, 1.165) is 36.1 Å². The van der Waals surface area contributed by atoms with Crippen molar-refractivity contribution in [2.75, 3.05) is 0 Å². The molecule has 1 heterocycles. The Kier molecular flexibility index (Phi) is 3.38. The standard InChI is InChI=1S/C17H20FNO/c1-11-10-15-16(4-3-5-17(15)20)19(11)12(2)13-6-8-14(18)9-7-13/h6-10,12,17,20H,3-5H2,1-2H3. The number of fused-ring (bicyclic) bond motifs is 1. The van der Waals surface area contributed by atoms with Crippen molar-refractivity contribution < 1.29 is 9.50 Å². The second-order valence-electron chi connectivity index (χ2n) is 5.69. The van der Waals surface area contributed by atoms with E-state index >= 15 is 0 Å². The van der Waals surface area contributed by atoms with Crippen LogP contribution in [0.15, 0.2) is 30.3 Å². The molecule has 0 radical (unpaired) electrons. The molecule has 2 nitrogen and oxygen atoms in total. The molecule has 0 aliphatic heterocycles. The maximum absolute atomic E-state index is 13.1. The van der Waals surface area contributed by atoms with Crippen LogP contribution in [0.1, 0.15) is 54.4 Å². The van der Waals surface area contributed by atoms with Crippen molar-refractivity contribution in [1.82, 2.24) is 4.57 Å². The molecule has 1 aromatic carbocycles. The Balaban J connectivity index is 2.03. The number of aliphatic hydroxyl groups is 1. The van der Waals surface area contributed by atoms with Crippen molar-refractivity contribution in [3.63, 3.8) is 0 Å². The van der Waals surface area contributed by atoms with Gasteiger partial charge in [-0.25, -0.2) is 4.39 Å². The minimum atomic E-state index is -0.334. The average molecular weight is 273 g/mol. The maximum Gasteiger partial charge on any atom is 0.123 e. The van der Waals surface area contributed by atoms with E-state index < -0.39 is 0 Å². The van der Waals surface area contributed by atoms with Gasteiger partial charge in [0.15, 0.2) is 0 Å². The first-order chi connectivity index (χ1) is 9.58. The zero-order valence-corrected chi connectivity index (χ0v) is 11.9. The number of rotatable bonds is 2. The molecule has 2 unspecified atom stereocenters. The predicted molar refractivity (Wildman–Crippen MR) is 77.3 cm³/mol. The molecule has 0 spiro atoms. The third-order valence-electron chi connectivity index (χ3n) is 4.36. The molecule has 0 bridgehead atoms. The SMILES string of the molecule is Cc1cc2c(n1C(C)c1ccc(F)cc1)CCCC2O. The van der Waals surface area contributed by atoms with Gasteiger partial charge in [0.25, 0.3) is 0 Å². The minimum absolute atomic E-state index is 0.157. The minimum Gasteiger partial charge on any atom is -0.388 e. The quantitative estimate of drug-likeness (QED) is 0.881. The Bertz CT molecular complexity index is 615. The Morgan fingerprint density at radius 3 is 2.70 bits per heavy atom. The van der Waals surface area contributed by atoms with Gasteiger partial charge in [-0.05, 0) is 56.9 Å². The van der Waals surface area contributed by atoms with Crippen LogP contribution in [0.3, 0.4) is 0 Å². The lowest BCUT2D eigenvalue weighted by Crippen LogP contribution is -2.16. The molecule has 1 aliphatic rings. The van der Waals surface area contributed by atoms with Crippen LogP contribution in [-0.2, 0) is 6.42 Å². The summed E-state index contributed by atoms with van der Waals surface area (Å²) in [5, 5.41) is 10.1. The van der Waals surface area contributed by atoms with Crippen LogP contribution >= 0.6 is 0 Å². The van der Waals surface area contributed by atoms with E-state index in [-0.39, 0.29) is 18.0 Å². The number of halogens is 1. The average Bonchev–Trinajstić information content (AvgIpc) is 2.77. The van der Waals surface area contributed by atoms with E-state index in [1.807, 2.05) is 12.1 Å². The highest BCUT2D eigenvalue weighted by molar-refractivity contribution is 5.34. The van der Waals surface area contributed by atoms with E-state index in [4.69, 9.17) is 0 Å². The lowest BCUT2D eigenvalue weighted by Gasteiger charge is -2.24. The molecule has 20 heavy (non-hydrogen) atoms. The number of aliphatic hydroxyl groups excluding tert-OH is 1. The van der Waals surface area contributed by atoms with Gasteiger partial charge in [-0.15, -0.1) is 0 Å². The van der Waals surface area contributed by atoms with Gasteiger partial charge < -0.3 is 9.67 Å². The number of aryl methyl sites for hydroxylation is 1. The van der Waals surface area contributed by atoms with Crippen LogP contribution in [-0.4, -0.2) is 9.67 Å². The Hall–Kier alpha value is -1.61. The van der Waals surface area contributed by atoms with Crippen LogP contribution in [0.25, 0.3) is 0 Å². The highest BCUT2D eigenvalue weighted by atomic mass is 19.1. The summed E-state index contributed by atoms with van der Waals surface area (Å²) in [6, 6.07) is 8.94. The number of benzene rings is 1. The maximum atomic E-state index is 13.1. The summed E-state index contributed by atoms with van der Waals surface area (Å²) < 4.78 is 15.3. The van der Waals surface area contributed by atoms with Crippen molar-refractivity contribution in [3.8, 4) is 0 Å². The highest BCUT2D eigenvalue weighted by Gasteiger charge is 2.25. The first-order valence-corrected chi connectivity index (χ1v) is 7.22. The van der Waals surface area contributed by atoms with Gasteiger partial charge in [-0.3, -0.25) is 0 Å². The zero-order valence-electron chi connectivity index (χ0n) is 11.9. The van der Waals surface area contributed by atoms with Crippen LogP contribution in [0.2, 0.25) is 0 Å². The van der Waals surface area contributed by atoms with Gasteiger partial charge in [-0.2, -0.15) is 0 Å². The van der Waals surface area contributed by atoms with Gasteiger partial charge in [0.1, 0.15) is 5.82 Å². The molecular weight excluding hydrogens is 253 g/mol. The smallest absolute Gasteiger partial charge is 0.123 e. The van der Waals surface area contributed by atoms with Gasteiger partial charge >= 0.3 is 0 Å². The summed E-state index contributed by atoms with van der Waals surface area (Å²) in [5.41, 5.74) is 4.56. The summed E-state index contributed by atoms with van der Waals surface area (Å²) in [6.07, 6.45) is 2.54. The van der Waals surface area contributed by atoms with Crippen molar-refractivity contribution in [3.05, 3.63) is 58.7 Å². The first-order valence-electron chi connectivity index (χ1n) is 7.22. The molecule has 0 amide bonds. The van der Waals surface area contributed by atoms with Gasteiger partial charge in [0, 0.05) is 17.0 Å². The molecule has 106 valence electrons. The number of hydrogen-bond donors (Lipinski definition) is 1. The molecule has 0 saturated carbocycles. The molecule has 1 aromatic heterocycles. The molecule has 1 aliphatic carbocycles. The number of aromatic nitrogens is 1. The molecule has 0 saturated heterocycles. The lowest BCUT2D eigenvalue weighted by atomic mass is 9.95. The van der Waals surface area contributed by atoms with E-state index in [0.29, 0.717) is 0 Å². The fourth-order valence-corrected chi connectivity index (χ4v) is 3.33. The summed E-state index contributed by atoms with van der Waals surface area (Å²) >= 11 is 0. The second-order valence-corrected chi connectivity index (χ2v) is 5.69. The second kappa shape index (κ2) is 5.06. The molecular formula is C17H20FNO. The van der Waals surface area contributed by atoms with E-state index in [1.54, 1.807) is 0 Å². The van der Waals surface area contributed by atoms with Gasteiger partial charge in [-0.1, -0.05) is 12.1 Å². The molecule has 3 heteroatoms. The van der Waals surface area contributed by atoms with Gasteiger partial charge in [0.2, 0.25) is 0 Å². The predicted octanol–water partition coefficient (Wildman–Crippen LogP) is 3.91. The summed E-state index contributed by atoms with van der Waals surface area (Å²) in [4.78, 5) is 0. The van der Waals surface area contributed by atoms with Crippen LogP contribution in [0.5, 0.6) is 0 Å². The Morgan fingerprint density at radius 1 is 1.30 bits per heavy atom. The summed E-state index contributed by atoms with van der Waals surface area (Å²) in [5.74, 6) is -0.206. The molecule has 2 aromatic rings. The lowest BCUT2D eigenvalue weighted by molar-refractivity contribution is 0.155. The summed E-state index contributed by atoms with van der Waals surface area (Å²) in [6.45, 7) is 4.20. The van der Waals surface area contributed by atoms with Gasteiger partial charge in [0.05, 0.1) is 12.1 Å². The van der Waals surface area contributed by atoms with Crippen molar-refractivity contribution >= 4 is 0 Å². The van der Waals surface area contributed by atoms with E-state index in [9.17, 15) is 9.50 Å². The van der Waals surface area contributed by atoms with Crippen LogP contribution < -0.4 is 0 Å². The van der Waals surface area contributed by atoms with Crippen LogP contribution in [0, 0.1) is 12.7 Å². The first kappa shape index (κ1) is 13.4. The third-order valence-corrected chi connectivity index (χ3v) is 4.36. The fourth-order valence-electron chi connectivity index (χ4n) is 3.33. The molecule has 2 atom stereocenters. The van der Waals surface area contributed by atoms with E-state index in [1.165, 1.54) is 17.8 Å².